The normalized spacial score (nSPS) is 21.1. The lowest BCUT2D eigenvalue weighted by molar-refractivity contribution is 0.138. The predicted molar refractivity (Wildman–Crippen MR) is 143 cm³/mol. The van der Waals surface area contributed by atoms with Gasteiger partial charge in [0.2, 0.25) is 15.8 Å². The van der Waals surface area contributed by atoms with E-state index < -0.39 is 15.3 Å². The highest BCUT2D eigenvalue weighted by Crippen LogP contribution is 2.32. The van der Waals surface area contributed by atoms with Crippen LogP contribution in [0, 0.1) is 5.92 Å². The quantitative estimate of drug-likeness (QED) is 0.441. The molecule has 1 aromatic heterocycles. The minimum atomic E-state index is -3.61. The van der Waals surface area contributed by atoms with Crippen LogP contribution in [-0.2, 0) is 19.5 Å². The van der Waals surface area contributed by atoms with Gasteiger partial charge in [0.15, 0.2) is 0 Å². The third kappa shape index (κ3) is 6.28. The van der Waals surface area contributed by atoms with E-state index in [0.717, 1.165) is 19.3 Å². The number of methoxy groups -OCH3 is 2. The van der Waals surface area contributed by atoms with Crippen molar-refractivity contribution in [1.82, 2.24) is 14.1 Å². The van der Waals surface area contributed by atoms with Crippen LogP contribution in [0.2, 0.25) is 5.02 Å². The van der Waals surface area contributed by atoms with Gasteiger partial charge in [0.25, 0.3) is 0 Å². The van der Waals surface area contributed by atoms with Crippen molar-refractivity contribution in [2.75, 3.05) is 58.5 Å². The van der Waals surface area contributed by atoms with Gasteiger partial charge >= 0.3 is 5.56 Å². The van der Waals surface area contributed by atoms with Gasteiger partial charge < -0.3 is 19.1 Å². The zero-order valence-electron chi connectivity index (χ0n) is 21.5. The Labute approximate surface area is 223 Å². The molecule has 2 aromatic rings. The number of hydrogen-bond donors (Lipinski definition) is 0. The van der Waals surface area contributed by atoms with Crippen molar-refractivity contribution in [1.29, 1.82) is 0 Å². The summed E-state index contributed by atoms with van der Waals surface area (Å²) in [6, 6.07) is 6.94. The van der Waals surface area contributed by atoms with Crippen molar-refractivity contribution in [2.45, 2.75) is 37.5 Å². The summed E-state index contributed by atoms with van der Waals surface area (Å²) < 4.78 is 45.7. The van der Waals surface area contributed by atoms with Crippen LogP contribution in [0.5, 0.6) is 5.75 Å². The second-order valence-electron chi connectivity index (χ2n) is 9.68. The second kappa shape index (κ2) is 12.1. The number of ether oxygens (including phenoxy) is 3. The third-order valence-electron chi connectivity index (χ3n) is 6.96. The number of anilines is 1. The van der Waals surface area contributed by atoms with Gasteiger partial charge in [-0.25, -0.2) is 8.42 Å². The SMILES string of the molecule is COCC(COC)S(=O)(=O)N1CCN(c2cnn(-c3cccc(Cl)c3)c(=O)c2OC2CCC(C)C2)CC1. The average molecular weight is 555 g/mol. The maximum Gasteiger partial charge on any atom is 0.316 e. The summed E-state index contributed by atoms with van der Waals surface area (Å²) in [5.74, 6) is 0.772. The minimum absolute atomic E-state index is 0.0535. The molecule has 0 bridgehead atoms. The van der Waals surface area contributed by atoms with Crippen molar-refractivity contribution < 1.29 is 22.6 Å². The maximum atomic E-state index is 13.6. The van der Waals surface area contributed by atoms with Crippen LogP contribution in [-0.4, -0.2) is 87.5 Å². The van der Waals surface area contributed by atoms with E-state index in [1.54, 1.807) is 30.5 Å². The number of halogens is 1. The summed E-state index contributed by atoms with van der Waals surface area (Å²) in [4.78, 5) is 15.6. The summed E-state index contributed by atoms with van der Waals surface area (Å²) in [6.07, 6.45) is 4.38. The lowest BCUT2D eigenvalue weighted by atomic mass is 10.1. The number of hydrogen-bond acceptors (Lipinski definition) is 8. The van der Waals surface area contributed by atoms with Crippen molar-refractivity contribution >= 4 is 27.3 Å². The van der Waals surface area contributed by atoms with E-state index in [-0.39, 0.29) is 43.7 Å². The average Bonchev–Trinajstić information content (AvgIpc) is 3.29. The maximum absolute atomic E-state index is 13.6. The first-order valence-corrected chi connectivity index (χ1v) is 14.4. The highest BCUT2D eigenvalue weighted by molar-refractivity contribution is 7.89. The van der Waals surface area contributed by atoms with Crippen molar-refractivity contribution in [3.05, 3.63) is 45.8 Å². The fourth-order valence-corrected chi connectivity index (χ4v) is 6.87. The molecule has 2 fully saturated rings. The summed E-state index contributed by atoms with van der Waals surface area (Å²) in [6.45, 7) is 3.62. The Hall–Kier alpha value is -2.18. The summed E-state index contributed by atoms with van der Waals surface area (Å²) in [5.41, 5.74) is 0.756. The standard InChI is InChI=1S/C25H35ClN4O6S/c1-18-7-8-21(13-18)36-24-23(15-27-30(25(24)31)20-6-4-5-19(26)14-20)28-9-11-29(12-10-28)37(32,33)22(16-34-2)17-35-3/h4-6,14-15,18,21-22H,7-13,16-17H2,1-3H3. The van der Waals surface area contributed by atoms with E-state index >= 15 is 0 Å². The molecule has 2 heterocycles. The van der Waals surface area contributed by atoms with Crippen LogP contribution in [0.3, 0.4) is 0 Å². The number of benzene rings is 1. The fourth-order valence-electron chi connectivity index (χ4n) is 4.97. The Bertz CT molecular complexity index is 1230. The molecule has 204 valence electrons. The van der Waals surface area contributed by atoms with Crippen molar-refractivity contribution in [3.8, 4) is 11.4 Å². The molecule has 37 heavy (non-hydrogen) atoms. The molecule has 1 saturated heterocycles. The van der Waals surface area contributed by atoms with Gasteiger partial charge in [0, 0.05) is 45.4 Å². The Kier molecular flexibility index (Phi) is 9.12. The van der Waals surface area contributed by atoms with Gasteiger partial charge in [-0.1, -0.05) is 24.6 Å². The van der Waals surface area contributed by atoms with Gasteiger partial charge in [-0.2, -0.15) is 14.1 Å². The highest BCUT2D eigenvalue weighted by Gasteiger charge is 2.35. The number of nitrogens with zero attached hydrogens (tertiary/aromatic N) is 4. The fraction of sp³-hybridized carbons (Fsp3) is 0.600. The zero-order valence-corrected chi connectivity index (χ0v) is 23.1. The van der Waals surface area contributed by atoms with E-state index in [4.69, 9.17) is 25.8 Å². The van der Waals surface area contributed by atoms with Gasteiger partial charge in [-0.15, -0.1) is 0 Å². The molecule has 2 atom stereocenters. The van der Waals surface area contributed by atoms with Crippen molar-refractivity contribution in [3.63, 3.8) is 0 Å². The molecule has 0 spiro atoms. The summed E-state index contributed by atoms with van der Waals surface area (Å²) >= 11 is 6.15. The molecule has 1 aliphatic heterocycles. The molecule has 10 nitrogen and oxygen atoms in total. The van der Waals surface area contributed by atoms with Gasteiger partial charge in [-0.3, -0.25) is 4.79 Å². The smallest absolute Gasteiger partial charge is 0.316 e. The lowest BCUT2D eigenvalue weighted by Crippen LogP contribution is -2.53. The molecule has 2 aliphatic rings. The Balaban J connectivity index is 1.60. The molecule has 12 heteroatoms. The van der Waals surface area contributed by atoms with Crippen LogP contribution in [0.25, 0.3) is 5.69 Å². The molecule has 1 aliphatic carbocycles. The molecule has 0 N–H and O–H groups in total. The molecule has 1 aromatic carbocycles. The monoisotopic (exact) mass is 554 g/mol. The van der Waals surface area contributed by atoms with Crippen LogP contribution >= 0.6 is 11.6 Å². The Morgan fingerprint density at radius 3 is 2.41 bits per heavy atom. The number of sulfonamides is 1. The van der Waals surface area contributed by atoms with Crippen LogP contribution < -0.4 is 15.2 Å². The molecular formula is C25H35ClN4O6S. The largest absolute Gasteiger partial charge is 0.483 e. The van der Waals surface area contributed by atoms with Crippen LogP contribution in [0.4, 0.5) is 5.69 Å². The summed E-state index contributed by atoms with van der Waals surface area (Å²) in [5, 5.41) is 4.14. The van der Waals surface area contributed by atoms with Gasteiger partial charge in [0.05, 0.1) is 31.2 Å². The highest BCUT2D eigenvalue weighted by atomic mass is 35.5. The third-order valence-corrected chi connectivity index (χ3v) is 9.40. The van der Waals surface area contributed by atoms with Gasteiger partial charge in [-0.05, 0) is 43.4 Å². The lowest BCUT2D eigenvalue weighted by Gasteiger charge is -2.37. The molecular weight excluding hydrogens is 520 g/mol. The number of piperazine rings is 1. The van der Waals surface area contributed by atoms with Crippen LogP contribution in [0.1, 0.15) is 26.2 Å². The molecule has 4 rings (SSSR count). The second-order valence-corrected chi connectivity index (χ2v) is 12.3. The van der Waals surface area contributed by atoms with E-state index in [1.807, 2.05) is 4.90 Å². The molecule has 1 saturated carbocycles. The first kappa shape index (κ1) is 27.8. The number of rotatable bonds is 10. The zero-order chi connectivity index (χ0) is 26.6. The molecule has 0 radical (unpaired) electrons. The minimum Gasteiger partial charge on any atom is -0.483 e. The van der Waals surface area contributed by atoms with E-state index in [2.05, 4.69) is 12.0 Å². The van der Waals surface area contributed by atoms with E-state index in [9.17, 15) is 13.2 Å². The number of aromatic nitrogens is 2. The van der Waals surface area contributed by atoms with E-state index in [1.165, 1.54) is 23.2 Å². The van der Waals surface area contributed by atoms with E-state index in [0.29, 0.717) is 35.4 Å². The molecule has 0 amide bonds. The first-order chi connectivity index (χ1) is 17.7. The van der Waals surface area contributed by atoms with Crippen molar-refractivity contribution in [2.24, 2.45) is 5.92 Å². The van der Waals surface area contributed by atoms with Gasteiger partial charge in [0.1, 0.15) is 10.9 Å². The topological polar surface area (TPSA) is 103 Å². The Morgan fingerprint density at radius 2 is 1.81 bits per heavy atom. The van der Waals surface area contributed by atoms with Crippen LogP contribution in [0.15, 0.2) is 35.3 Å². The Morgan fingerprint density at radius 1 is 1.11 bits per heavy atom. The summed E-state index contributed by atoms with van der Waals surface area (Å²) in [7, 11) is -0.665. The predicted octanol–water partition coefficient (Wildman–Crippen LogP) is 2.57. The molecule has 2 unspecified atom stereocenters. The first-order valence-electron chi connectivity index (χ1n) is 12.5.